The molecule has 1 atom stereocenters. The fourth-order valence-electron chi connectivity index (χ4n) is 4.27. The smallest absolute Gasteiger partial charge is 0.240 e. The van der Waals surface area contributed by atoms with Crippen LogP contribution in [0.5, 0.6) is 0 Å². The van der Waals surface area contributed by atoms with Crippen molar-refractivity contribution in [3.63, 3.8) is 0 Å². The fraction of sp³-hybridized carbons (Fsp3) is 0.207. The monoisotopic (exact) mass is 513 g/mol. The highest BCUT2D eigenvalue weighted by Gasteiger charge is 2.28. The SMILES string of the molecule is CC(C)(N)C(=O)N[C@H](COCc1ccccc1)c1nnc2c(-c3cccc4ccccc34)cc(Cl)cn12. The minimum atomic E-state index is -1.08. The van der Waals surface area contributed by atoms with Crippen LogP contribution < -0.4 is 11.1 Å². The summed E-state index contributed by atoms with van der Waals surface area (Å²) in [5, 5.41) is 14.7. The second-order valence-corrected chi connectivity index (χ2v) is 10.0. The molecule has 0 fully saturated rings. The Hall–Kier alpha value is -3.78. The maximum absolute atomic E-state index is 12.9. The molecule has 37 heavy (non-hydrogen) atoms. The zero-order valence-electron chi connectivity index (χ0n) is 20.7. The van der Waals surface area contributed by atoms with Crippen molar-refractivity contribution in [1.82, 2.24) is 19.9 Å². The Labute approximate surface area is 220 Å². The molecule has 8 heteroatoms. The Bertz CT molecular complexity index is 1550. The number of hydrogen-bond donors (Lipinski definition) is 2. The highest BCUT2D eigenvalue weighted by molar-refractivity contribution is 6.31. The first-order chi connectivity index (χ1) is 17.8. The van der Waals surface area contributed by atoms with E-state index in [1.807, 2.05) is 65.1 Å². The van der Waals surface area contributed by atoms with Gasteiger partial charge in [-0.3, -0.25) is 9.20 Å². The average Bonchev–Trinajstić information content (AvgIpc) is 3.31. The van der Waals surface area contributed by atoms with Crippen molar-refractivity contribution in [2.75, 3.05) is 6.61 Å². The summed E-state index contributed by atoms with van der Waals surface area (Å²) in [5.74, 6) is 0.179. The molecular formula is C29H28ClN5O2. The quantitative estimate of drug-likeness (QED) is 0.293. The van der Waals surface area contributed by atoms with Crippen molar-refractivity contribution in [2.45, 2.75) is 32.0 Å². The van der Waals surface area contributed by atoms with Gasteiger partial charge in [-0.15, -0.1) is 10.2 Å². The van der Waals surface area contributed by atoms with Crippen molar-refractivity contribution in [3.05, 3.63) is 101 Å². The third-order valence-electron chi connectivity index (χ3n) is 6.18. The number of nitrogens with zero attached hydrogens (tertiary/aromatic N) is 3. The Balaban J connectivity index is 1.55. The van der Waals surface area contributed by atoms with Crippen LogP contribution in [0.1, 0.15) is 31.3 Å². The maximum Gasteiger partial charge on any atom is 0.240 e. The van der Waals surface area contributed by atoms with Gasteiger partial charge in [0.25, 0.3) is 0 Å². The molecule has 5 aromatic rings. The number of benzene rings is 3. The molecule has 0 aliphatic carbocycles. The Kier molecular flexibility index (Phi) is 6.93. The van der Waals surface area contributed by atoms with Crippen LogP contribution in [0.2, 0.25) is 5.02 Å². The van der Waals surface area contributed by atoms with Gasteiger partial charge in [0.15, 0.2) is 11.5 Å². The van der Waals surface area contributed by atoms with Crippen LogP contribution in [-0.4, -0.2) is 32.7 Å². The predicted octanol–water partition coefficient (Wildman–Crippen LogP) is 5.31. The first kappa shape index (κ1) is 24.9. The van der Waals surface area contributed by atoms with Crippen molar-refractivity contribution in [2.24, 2.45) is 5.73 Å². The lowest BCUT2D eigenvalue weighted by atomic mass is 9.99. The number of carbonyl (C=O) groups is 1. The molecule has 0 saturated heterocycles. The molecule has 7 nitrogen and oxygen atoms in total. The maximum atomic E-state index is 12.9. The lowest BCUT2D eigenvalue weighted by Gasteiger charge is -2.23. The average molecular weight is 514 g/mol. The number of nitrogens with two attached hydrogens (primary N) is 1. The summed E-state index contributed by atoms with van der Waals surface area (Å²) in [6, 6.07) is 25.4. The first-order valence-electron chi connectivity index (χ1n) is 12.0. The summed E-state index contributed by atoms with van der Waals surface area (Å²) >= 11 is 6.61. The van der Waals surface area contributed by atoms with Gasteiger partial charge in [0.05, 0.1) is 23.8 Å². The van der Waals surface area contributed by atoms with Crippen molar-refractivity contribution in [1.29, 1.82) is 0 Å². The van der Waals surface area contributed by atoms with Crippen LogP contribution in [0.4, 0.5) is 0 Å². The van der Waals surface area contributed by atoms with E-state index in [2.05, 4.69) is 33.7 Å². The van der Waals surface area contributed by atoms with Crippen LogP contribution in [0, 0.1) is 0 Å². The Morgan fingerprint density at radius 2 is 1.76 bits per heavy atom. The first-order valence-corrected chi connectivity index (χ1v) is 12.4. The zero-order valence-corrected chi connectivity index (χ0v) is 21.4. The molecule has 3 aromatic carbocycles. The highest BCUT2D eigenvalue weighted by Crippen LogP contribution is 2.33. The van der Waals surface area contributed by atoms with Crippen LogP contribution in [0.25, 0.3) is 27.5 Å². The van der Waals surface area contributed by atoms with Crippen molar-refractivity contribution >= 4 is 33.9 Å². The van der Waals surface area contributed by atoms with Gasteiger partial charge in [-0.05, 0) is 41.8 Å². The van der Waals surface area contributed by atoms with E-state index in [4.69, 9.17) is 22.1 Å². The van der Waals surface area contributed by atoms with Crippen molar-refractivity contribution in [3.8, 4) is 11.1 Å². The number of halogens is 1. The number of aromatic nitrogens is 3. The fourth-order valence-corrected chi connectivity index (χ4v) is 4.47. The van der Waals surface area contributed by atoms with E-state index in [0.717, 1.165) is 27.5 Å². The Morgan fingerprint density at radius 3 is 2.54 bits per heavy atom. The highest BCUT2D eigenvalue weighted by atomic mass is 35.5. The number of pyridine rings is 1. The molecule has 2 aromatic heterocycles. The molecule has 0 aliphatic heterocycles. The van der Waals surface area contributed by atoms with Gasteiger partial charge in [-0.25, -0.2) is 0 Å². The van der Waals surface area contributed by atoms with E-state index < -0.39 is 11.6 Å². The van der Waals surface area contributed by atoms with Crippen LogP contribution in [0.15, 0.2) is 85.1 Å². The third kappa shape index (κ3) is 5.34. The van der Waals surface area contributed by atoms with Gasteiger partial charge >= 0.3 is 0 Å². The number of carbonyl (C=O) groups excluding carboxylic acids is 1. The number of fused-ring (bicyclic) bond motifs is 2. The number of hydrogen-bond acceptors (Lipinski definition) is 5. The van der Waals surface area contributed by atoms with Gasteiger partial charge in [-0.2, -0.15) is 0 Å². The summed E-state index contributed by atoms with van der Waals surface area (Å²) in [5.41, 5.74) is 8.49. The lowest BCUT2D eigenvalue weighted by Crippen LogP contribution is -2.50. The van der Waals surface area contributed by atoms with Crippen LogP contribution >= 0.6 is 11.6 Å². The molecule has 5 rings (SSSR count). The predicted molar refractivity (Wildman–Crippen MR) is 146 cm³/mol. The summed E-state index contributed by atoms with van der Waals surface area (Å²) in [6.45, 7) is 3.87. The number of ether oxygens (including phenoxy) is 1. The molecule has 1 amide bonds. The molecule has 0 spiro atoms. The van der Waals surface area contributed by atoms with Gasteiger partial charge in [0.1, 0.15) is 6.04 Å². The summed E-state index contributed by atoms with van der Waals surface area (Å²) in [7, 11) is 0. The molecule has 0 radical (unpaired) electrons. The van der Waals surface area contributed by atoms with E-state index in [-0.39, 0.29) is 12.5 Å². The number of nitrogens with one attached hydrogen (secondary N) is 1. The summed E-state index contributed by atoms with van der Waals surface area (Å²) in [4.78, 5) is 12.9. The Morgan fingerprint density at radius 1 is 1.03 bits per heavy atom. The van der Waals surface area contributed by atoms with E-state index in [0.29, 0.717) is 23.1 Å². The van der Waals surface area contributed by atoms with E-state index in [1.165, 1.54) is 0 Å². The minimum Gasteiger partial charge on any atom is -0.374 e. The van der Waals surface area contributed by atoms with Crippen LogP contribution in [0.3, 0.4) is 0 Å². The molecule has 0 saturated carbocycles. The molecule has 0 unspecified atom stereocenters. The lowest BCUT2D eigenvalue weighted by molar-refractivity contribution is -0.126. The molecule has 3 N–H and O–H groups in total. The second-order valence-electron chi connectivity index (χ2n) is 9.60. The largest absolute Gasteiger partial charge is 0.374 e. The third-order valence-corrected chi connectivity index (χ3v) is 6.38. The number of amides is 1. The topological polar surface area (TPSA) is 94.5 Å². The zero-order chi connectivity index (χ0) is 26.0. The molecule has 0 bridgehead atoms. The van der Waals surface area contributed by atoms with Crippen molar-refractivity contribution < 1.29 is 9.53 Å². The molecule has 188 valence electrons. The van der Waals surface area contributed by atoms with Crippen LogP contribution in [-0.2, 0) is 16.1 Å². The van der Waals surface area contributed by atoms with E-state index >= 15 is 0 Å². The standard InChI is InChI=1S/C29H28ClN5O2/c1-29(2,31)28(36)32-25(18-37-17-19-9-4-3-5-10-19)27-34-33-26-24(15-21(30)16-35(26)27)23-14-8-12-20-11-6-7-13-22(20)23/h3-16,25H,17-18,31H2,1-2H3,(H,32,36)/t25-/m1/s1. The van der Waals surface area contributed by atoms with E-state index in [9.17, 15) is 4.79 Å². The van der Waals surface area contributed by atoms with Gasteiger partial charge in [-0.1, -0.05) is 84.4 Å². The molecule has 0 aliphatic rings. The van der Waals surface area contributed by atoms with E-state index in [1.54, 1.807) is 20.0 Å². The van der Waals surface area contributed by atoms with Gasteiger partial charge in [0, 0.05) is 11.8 Å². The minimum absolute atomic E-state index is 0.174. The molecule has 2 heterocycles. The molecular weight excluding hydrogens is 486 g/mol. The normalized spacial score (nSPS) is 12.6. The summed E-state index contributed by atoms with van der Waals surface area (Å²) in [6.07, 6.45) is 1.75. The van der Waals surface area contributed by atoms with Gasteiger partial charge < -0.3 is 15.8 Å². The van der Waals surface area contributed by atoms with Gasteiger partial charge in [0.2, 0.25) is 5.91 Å². The second kappa shape index (κ2) is 10.3. The number of rotatable bonds is 8. The summed E-state index contributed by atoms with van der Waals surface area (Å²) < 4.78 is 7.82.